The van der Waals surface area contributed by atoms with Gasteiger partial charge in [-0.1, -0.05) is 20.8 Å². The highest BCUT2D eigenvalue weighted by Crippen LogP contribution is 2.23. The van der Waals surface area contributed by atoms with E-state index in [9.17, 15) is 4.79 Å². The molecule has 0 spiro atoms. The van der Waals surface area contributed by atoms with Crippen LogP contribution in [0.2, 0.25) is 0 Å². The minimum atomic E-state index is -0.0120. The summed E-state index contributed by atoms with van der Waals surface area (Å²) in [6.07, 6.45) is 1.69. The molecule has 0 bridgehead atoms. The largest absolute Gasteiger partial charge is 0.382 e. The Morgan fingerprint density at radius 3 is 2.45 bits per heavy atom. The molecule has 1 amide bonds. The van der Waals surface area contributed by atoms with Crippen LogP contribution in [0, 0.1) is 5.41 Å². The Bertz CT molecular complexity index is 447. The first-order chi connectivity index (χ1) is 9.29. The van der Waals surface area contributed by atoms with Gasteiger partial charge in [-0.25, -0.2) is 0 Å². The SMILES string of the molecule is CCN(CC)C(=O)c1cc(NC(C)C(C)(C)C)ccn1. The summed E-state index contributed by atoms with van der Waals surface area (Å²) in [6, 6.07) is 4.05. The van der Waals surface area contributed by atoms with Crippen LogP contribution in [0.4, 0.5) is 5.69 Å². The zero-order valence-corrected chi connectivity index (χ0v) is 13.5. The van der Waals surface area contributed by atoms with Crippen LogP contribution < -0.4 is 5.32 Å². The molecule has 20 heavy (non-hydrogen) atoms. The first-order valence-corrected chi connectivity index (χ1v) is 7.31. The molecule has 0 aliphatic rings. The van der Waals surface area contributed by atoms with Gasteiger partial charge >= 0.3 is 0 Å². The zero-order valence-electron chi connectivity index (χ0n) is 13.5. The van der Waals surface area contributed by atoms with Crippen molar-refractivity contribution in [3.05, 3.63) is 24.0 Å². The van der Waals surface area contributed by atoms with Gasteiger partial charge in [0.1, 0.15) is 5.69 Å². The summed E-state index contributed by atoms with van der Waals surface area (Å²) in [5.74, 6) is -0.0120. The predicted octanol–water partition coefficient (Wildman–Crippen LogP) is 3.41. The van der Waals surface area contributed by atoms with Crippen molar-refractivity contribution in [1.29, 1.82) is 0 Å². The highest BCUT2D eigenvalue weighted by atomic mass is 16.2. The molecule has 0 saturated carbocycles. The third-order valence-corrected chi connectivity index (χ3v) is 3.71. The quantitative estimate of drug-likeness (QED) is 0.897. The number of anilines is 1. The van der Waals surface area contributed by atoms with Gasteiger partial charge in [0.05, 0.1) is 0 Å². The molecular formula is C16H27N3O. The molecule has 1 aromatic rings. The van der Waals surface area contributed by atoms with Gasteiger partial charge in [-0.3, -0.25) is 9.78 Å². The standard InChI is InChI=1S/C16H27N3O/c1-7-19(8-2)15(20)14-11-13(9-10-17-14)18-12(3)16(4,5)6/h9-12H,7-8H2,1-6H3,(H,17,18). The Balaban J connectivity index is 2.88. The van der Waals surface area contributed by atoms with Gasteiger partial charge in [0.25, 0.3) is 5.91 Å². The molecule has 1 atom stereocenters. The Morgan fingerprint density at radius 1 is 1.35 bits per heavy atom. The molecular weight excluding hydrogens is 250 g/mol. The molecule has 0 radical (unpaired) electrons. The first kappa shape index (κ1) is 16.5. The molecule has 1 heterocycles. The topological polar surface area (TPSA) is 45.2 Å². The van der Waals surface area contributed by atoms with Gasteiger partial charge in [-0.15, -0.1) is 0 Å². The van der Waals surface area contributed by atoms with Crippen molar-refractivity contribution in [1.82, 2.24) is 9.88 Å². The van der Waals surface area contributed by atoms with Crippen molar-refractivity contribution in [3.63, 3.8) is 0 Å². The summed E-state index contributed by atoms with van der Waals surface area (Å²) in [5.41, 5.74) is 1.60. The number of pyridine rings is 1. The molecule has 1 rings (SSSR count). The second-order valence-electron chi connectivity index (χ2n) is 6.14. The summed E-state index contributed by atoms with van der Waals surface area (Å²) < 4.78 is 0. The van der Waals surface area contributed by atoms with Crippen molar-refractivity contribution >= 4 is 11.6 Å². The van der Waals surface area contributed by atoms with E-state index in [4.69, 9.17) is 0 Å². The zero-order chi connectivity index (χ0) is 15.3. The maximum atomic E-state index is 12.3. The smallest absolute Gasteiger partial charge is 0.272 e. The van der Waals surface area contributed by atoms with Crippen molar-refractivity contribution < 1.29 is 4.79 Å². The van der Waals surface area contributed by atoms with Crippen LogP contribution in [0.1, 0.15) is 52.0 Å². The molecule has 0 saturated heterocycles. The molecule has 0 aliphatic heterocycles. The van der Waals surface area contributed by atoms with E-state index < -0.39 is 0 Å². The van der Waals surface area contributed by atoms with E-state index in [2.05, 4.69) is 38.0 Å². The van der Waals surface area contributed by atoms with Gasteiger partial charge in [0.15, 0.2) is 0 Å². The van der Waals surface area contributed by atoms with Gasteiger partial charge in [-0.2, -0.15) is 0 Å². The minimum absolute atomic E-state index is 0.0120. The maximum Gasteiger partial charge on any atom is 0.272 e. The van der Waals surface area contributed by atoms with Crippen LogP contribution >= 0.6 is 0 Å². The van der Waals surface area contributed by atoms with Crippen molar-refractivity contribution in [2.24, 2.45) is 5.41 Å². The molecule has 112 valence electrons. The number of hydrogen-bond acceptors (Lipinski definition) is 3. The number of carbonyl (C=O) groups is 1. The number of hydrogen-bond donors (Lipinski definition) is 1. The summed E-state index contributed by atoms with van der Waals surface area (Å²) in [4.78, 5) is 18.2. The second kappa shape index (κ2) is 6.73. The molecule has 0 aromatic carbocycles. The molecule has 1 N–H and O–H groups in total. The van der Waals surface area contributed by atoms with Crippen LogP contribution in [0.15, 0.2) is 18.3 Å². The first-order valence-electron chi connectivity index (χ1n) is 7.31. The van der Waals surface area contributed by atoms with Crippen LogP contribution in [0.3, 0.4) is 0 Å². The number of aromatic nitrogens is 1. The van der Waals surface area contributed by atoms with Crippen LogP contribution in [-0.2, 0) is 0 Å². The minimum Gasteiger partial charge on any atom is -0.382 e. The van der Waals surface area contributed by atoms with Crippen molar-refractivity contribution in [3.8, 4) is 0 Å². The highest BCUT2D eigenvalue weighted by molar-refractivity contribution is 5.93. The number of rotatable bonds is 5. The van der Waals surface area contributed by atoms with Crippen molar-refractivity contribution in [2.75, 3.05) is 18.4 Å². The number of amides is 1. The monoisotopic (exact) mass is 277 g/mol. The lowest BCUT2D eigenvalue weighted by Crippen LogP contribution is -2.32. The average Bonchev–Trinajstić information content (AvgIpc) is 2.39. The third kappa shape index (κ3) is 4.22. The summed E-state index contributed by atoms with van der Waals surface area (Å²) in [6.45, 7) is 14.1. The Hall–Kier alpha value is -1.58. The van der Waals surface area contributed by atoms with Crippen LogP contribution in [0.5, 0.6) is 0 Å². The summed E-state index contributed by atoms with van der Waals surface area (Å²) in [7, 11) is 0. The lowest BCUT2D eigenvalue weighted by Gasteiger charge is -2.29. The Kier molecular flexibility index (Phi) is 5.54. The third-order valence-electron chi connectivity index (χ3n) is 3.71. The number of nitrogens with zero attached hydrogens (tertiary/aromatic N) is 2. The van der Waals surface area contributed by atoms with E-state index >= 15 is 0 Å². The summed E-state index contributed by atoms with van der Waals surface area (Å²) >= 11 is 0. The van der Waals surface area contributed by atoms with Gasteiger partial charge in [-0.05, 0) is 38.3 Å². The predicted molar refractivity (Wildman–Crippen MR) is 84.0 cm³/mol. The van der Waals surface area contributed by atoms with E-state index in [1.807, 2.05) is 26.0 Å². The van der Waals surface area contributed by atoms with E-state index in [1.54, 1.807) is 11.1 Å². The molecule has 1 unspecified atom stereocenters. The Labute approximate surface area is 122 Å². The maximum absolute atomic E-state index is 12.3. The highest BCUT2D eigenvalue weighted by Gasteiger charge is 2.20. The lowest BCUT2D eigenvalue weighted by molar-refractivity contribution is 0.0767. The normalized spacial score (nSPS) is 12.9. The fourth-order valence-electron chi connectivity index (χ4n) is 1.78. The molecule has 0 fully saturated rings. The lowest BCUT2D eigenvalue weighted by atomic mass is 9.88. The van der Waals surface area contributed by atoms with Gasteiger partial charge < -0.3 is 10.2 Å². The second-order valence-corrected chi connectivity index (χ2v) is 6.14. The van der Waals surface area contributed by atoms with Crippen LogP contribution in [0.25, 0.3) is 0 Å². The molecule has 1 aromatic heterocycles. The molecule has 4 nitrogen and oxygen atoms in total. The van der Waals surface area contributed by atoms with E-state index in [0.29, 0.717) is 24.8 Å². The van der Waals surface area contributed by atoms with Gasteiger partial charge in [0.2, 0.25) is 0 Å². The average molecular weight is 277 g/mol. The fraction of sp³-hybridized carbons (Fsp3) is 0.625. The van der Waals surface area contributed by atoms with E-state index in [1.165, 1.54) is 0 Å². The Morgan fingerprint density at radius 2 is 1.95 bits per heavy atom. The van der Waals surface area contributed by atoms with E-state index in [0.717, 1.165) is 5.69 Å². The van der Waals surface area contributed by atoms with Crippen LogP contribution in [-0.4, -0.2) is 34.9 Å². The van der Waals surface area contributed by atoms with Crippen molar-refractivity contribution in [2.45, 2.75) is 47.6 Å². The number of nitrogens with one attached hydrogen (secondary N) is 1. The number of carbonyl (C=O) groups excluding carboxylic acids is 1. The molecule has 0 aliphatic carbocycles. The van der Waals surface area contributed by atoms with Gasteiger partial charge in [0, 0.05) is 31.0 Å². The summed E-state index contributed by atoms with van der Waals surface area (Å²) in [5, 5.41) is 3.44. The molecule has 4 heteroatoms. The fourth-order valence-corrected chi connectivity index (χ4v) is 1.78. The van der Waals surface area contributed by atoms with E-state index in [-0.39, 0.29) is 11.3 Å².